The summed E-state index contributed by atoms with van der Waals surface area (Å²) >= 11 is 0. The van der Waals surface area contributed by atoms with Gasteiger partial charge in [0.05, 0.1) is 19.4 Å². The first-order chi connectivity index (χ1) is 12.8. The molecule has 2 heterocycles. The molecule has 2 aromatic rings. The van der Waals surface area contributed by atoms with E-state index in [2.05, 4.69) is 0 Å². The van der Waals surface area contributed by atoms with Crippen LogP contribution in [0.5, 0.6) is 0 Å². The third-order valence-corrected chi connectivity index (χ3v) is 4.89. The van der Waals surface area contributed by atoms with E-state index in [0.717, 1.165) is 17.9 Å². The smallest absolute Gasteiger partial charge is 0.242 e. The van der Waals surface area contributed by atoms with Crippen molar-refractivity contribution in [3.8, 4) is 0 Å². The van der Waals surface area contributed by atoms with Gasteiger partial charge in [-0.2, -0.15) is 0 Å². The van der Waals surface area contributed by atoms with E-state index in [1.54, 1.807) is 16.1 Å². The van der Waals surface area contributed by atoms with E-state index in [1.165, 1.54) is 0 Å². The van der Waals surface area contributed by atoms with Gasteiger partial charge in [0.1, 0.15) is 12.3 Å². The van der Waals surface area contributed by atoms with E-state index in [9.17, 15) is 9.59 Å². The molecule has 6 nitrogen and oxygen atoms in total. The molecule has 0 fully saturated rings. The number of furan rings is 1. The molecule has 0 saturated carbocycles. The van der Waals surface area contributed by atoms with Gasteiger partial charge < -0.3 is 18.8 Å². The van der Waals surface area contributed by atoms with Crippen LogP contribution in [0.1, 0.15) is 45.6 Å². The zero-order valence-electron chi connectivity index (χ0n) is 17.0. The fourth-order valence-electron chi connectivity index (χ4n) is 2.93. The Labute approximate surface area is 161 Å². The van der Waals surface area contributed by atoms with Gasteiger partial charge in [-0.05, 0) is 37.6 Å². The molecule has 0 radical (unpaired) electrons. The first-order valence-electron chi connectivity index (χ1n) is 9.54. The van der Waals surface area contributed by atoms with Gasteiger partial charge in [-0.15, -0.1) is 0 Å². The van der Waals surface area contributed by atoms with Crippen LogP contribution in [0.2, 0.25) is 0 Å². The van der Waals surface area contributed by atoms with Crippen LogP contribution >= 0.6 is 0 Å². The molecule has 0 aliphatic heterocycles. The average molecular weight is 373 g/mol. The predicted octanol–water partition coefficient (Wildman–Crippen LogP) is 3.43. The van der Waals surface area contributed by atoms with E-state index in [4.69, 9.17) is 4.42 Å². The number of aryl methyl sites for hydroxylation is 1. The zero-order valence-corrected chi connectivity index (χ0v) is 17.0. The van der Waals surface area contributed by atoms with E-state index in [-0.39, 0.29) is 30.3 Å². The van der Waals surface area contributed by atoms with Crippen molar-refractivity contribution in [1.82, 2.24) is 14.4 Å². The molecule has 2 amide bonds. The van der Waals surface area contributed by atoms with Crippen LogP contribution in [0.15, 0.2) is 41.1 Å². The van der Waals surface area contributed by atoms with Crippen LogP contribution in [0.25, 0.3) is 0 Å². The quantitative estimate of drug-likeness (QED) is 0.677. The monoisotopic (exact) mass is 373 g/mol. The number of aromatic nitrogens is 1. The zero-order chi connectivity index (χ0) is 20.0. The molecule has 6 heteroatoms. The van der Waals surface area contributed by atoms with Crippen molar-refractivity contribution >= 4 is 11.8 Å². The molecule has 1 atom stereocenters. The highest BCUT2D eigenvalue weighted by Crippen LogP contribution is 2.15. The molecule has 0 aromatic carbocycles. The summed E-state index contributed by atoms with van der Waals surface area (Å²) in [5, 5.41) is 0. The van der Waals surface area contributed by atoms with Gasteiger partial charge in [-0.25, -0.2) is 0 Å². The second-order valence-corrected chi connectivity index (χ2v) is 7.32. The number of carbonyl (C=O) groups excluding carboxylic acids is 2. The molecule has 0 spiro atoms. The van der Waals surface area contributed by atoms with E-state index in [0.29, 0.717) is 13.1 Å². The Balaban J connectivity index is 2.20. The van der Waals surface area contributed by atoms with Gasteiger partial charge in [0, 0.05) is 30.9 Å². The Morgan fingerprint density at radius 3 is 2.41 bits per heavy atom. The van der Waals surface area contributed by atoms with Crippen molar-refractivity contribution in [1.29, 1.82) is 0 Å². The summed E-state index contributed by atoms with van der Waals surface area (Å²) in [4.78, 5) is 29.2. The molecule has 148 valence electrons. The molecule has 1 unspecified atom stereocenters. The number of hydrogen-bond donors (Lipinski definition) is 0. The summed E-state index contributed by atoms with van der Waals surface area (Å²) in [5.41, 5.74) is 1.03. The molecule has 0 aliphatic rings. The van der Waals surface area contributed by atoms with Crippen LogP contribution < -0.4 is 0 Å². The van der Waals surface area contributed by atoms with Gasteiger partial charge in [0.25, 0.3) is 0 Å². The third-order valence-electron chi connectivity index (χ3n) is 4.89. The van der Waals surface area contributed by atoms with Gasteiger partial charge in [-0.1, -0.05) is 20.8 Å². The third kappa shape index (κ3) is 5.49. The Bertz CT molecular complexity index is 734. The Morgan fingerprint density at radius 1 is 1.15 bits per heavy atom. The minimum absolute atomic E-state index is 0.00881. The highest BCUT2D eigenvalue weighted by molar-refractivity contribution is 5.85. The second kappa shape index (κ2) is 9.44. The topological polar surface area (TPSA) is 58.7 Å². The number of amides is 2. The van der Waals surface area contributed by atoms with Crippen molar-refractivity contribution in [2.45, 2.75) is 53.2 Å². The lowest BCUT2D eigenvalue weighted by Crippen LogP contribution is -2.47. The number of hydrogen-bond acceptors (Lipinski definition) is 3. The van der Waals surface area contributed by atoms with Crippen LogP contribution in [0.3, 0.4) is 0 Å². The number of carbonyl (C=O) groups is 2. The van der Waals surface area contributed by atoms with Gasteiger partial charge >= 0.3 is 0 Å². The number of rotatable bonds is 9. The maximum Gasteiger partial charge on any atom is 0.242 e. The van der Waals surface area contributed by atoms with Gasteiger partial charge in [0.15, 0.2) is 0 Å². The Kier molecular flexibility index (Phi) is 7.28. The standard InChI is InChI=1S/C21H31N3O3/c1-6-17(4)24(21(26)16(2)3)15-20(25)23(14-19-10-8-12-27-19)13-18-9-7-11-22(18)5/h7-12,16-17H,6,13-15H2,1-5H3. The normalized spacial score (nSPS) is 12.2. The molecular weight excluding hydrogens is 342 g/mol. The summed E-state index contributed by atoms with van der Waals surface area (Å²) in [6.07, 6.45) is 4.37. The predicted molar refractivity (Wildman–Crippen MR) is 105 cm³/mol. The largest absolute Gasteiger partial charge is 0.467 e. The van der Waals surface area contributed by atoms with Crippen LogP contribution in [0, 0.1) is 5.92 Å². The Hall–Kier alpha value is -2.50. The van der Waals surface area contributed by atoms with Gasteiger partial charge in [0.2, 0.25) is 11.8 Å². The molecule has 2 aromatic heterocycles. The molecule has 2 rings (SSSR count). The van der Waals surface area contributed by atoms with E-state index >= 15 is 0 Å². The summed E-state index contributed by atoms with van der Waals surface area (Å²) in [6.45, 7) is 8.67. The molecule has 0 N–H and O–H groups in total. The second-order valence-electron chi connectivity index (χ2n) is 7.32. The Morgan fingerprint density at radius 2 is 1.89 bits per heavy atom. The first-order valence-corrected chi connectivity index (χ1v) is 9.54. The van der Waals surface area contributed by atoms with Crippen molar-refractivity contribution in [2.24, 2.45) is 13.0 Å². The minimum Gasteiger partial charge on any atom is -0.467 e. The molecule has 0 bridgehead atoms. The molecule has 27 heavy (non-hydrogen) atoms. The van der Waals surface area contributed by atoms with E-state index < -0.39 is 0 Å². The minimum atomic E-state index is -0.141. The van der Waals surface area contributed by atoms with Crippen LogP contribution in [0.4, 0.5) is 0 Å². The van der Waals surface area contributed by atoms with Crippen molar-refractivity contribution in [3.63, 3.8) is 0 Å². The highest BCUT2D eigenvalue weighted by atomic mass is 16.3. The molecule has 0 aliphatic carbocycles. The fourth-order valence-corrected chi connectivity index (χ4v) is 2.93. The van der Waals surface area contributed by atoms with Crippen LogP contribution in [-0.2, 0) is 29.7 Å². The highest BCUT2D eigenvalue weighted by Gasteiger charge is 2.27. The SMILES string of the molecule is CCC(C)N(CC(=O)N(Cc1ccco1)Cc1cccn1C)C(=O)C(C)C. The summed E-state index contributed by atoms with van der Waals surface area (Å²) in [7, 11) is 1.96. The fraction of sp³-hybridized carbons (Fsp3) is 0.524. The van der Waals surface area contributed by atoms with Crippen molar-refractivity contribution in [2.75, 3.05) is 6.54 Å². The summed E-state index contributed by atoms with van der Waals surface area (Å²) in [6, 6.07) is 7.64. The van der Waals surface area contributed by atoms with Crippen molar-refractivity contribution in [3.05, 3.63) is 48.2 Å². The molecular formula is C21H31N3O3. The van der Waals surface area contributed by atoms with Crippen LogP contribution in [-0.4, -0.2) is 38.8 Å². The lowest BCUT2D eigenvalue weighted by Gasteiger charge is -2.32. The lowest BCUT2D eigenvalue weighted by molar-refractivity contribution is -0.145. The lowest BCUT2D eigenvalue weighted by atomic mass is 10.1. The summed E-state index contributed by atoms with van der Waals surface area (Å²) in [5.74, 6) is 0.512. The van der Waals surface area contributed by atoms with Gasteiger partial charge in [-0.3, -0.25) is 9.59 Å². The van der Waals surface area contributed by atoms with Crippen molar-refractivity contribution < 1.29 is 14.0 Å². The maximum atomic E-state index is 13.1. The number of nitrogens with zero attached hydrogens (tertiary/aromatic N) is 3. The first kappa shape index (κ1) is 20.8. The maximum absolute atomic E-state index is 13.1. The molecule has 0 saturated heterocycles. The van der Waals surface area contributed by atoms with E-state index in [1.807, 2.05) is 69.8 Å². The average Bonchev–Trinajstić information content (AvgIpc) is 3.29. The summed E-state index contributed by atoms with van der Waals surface area (Å²) < 4.78 is 7.44.